The van der Waals surface area contributed by atoms with Crippen molar-refractivity contribution < 1.29 is 9.32 Å². The number of carbonyl (C=O) groups is 1. The highest BCUT2D eigenvalue weighted by molar-refractivity contribution is 5.98. The van der Waals surface area contributed by atoms with Crippen LogP contribution in [0.4, 0.5) is 5.88 Å². The second kappa shape index (κ2) is 3.21. The topological polar surface area (TPSA) is 55.1 Å². The van der Waals surface area contributed by atoms with Crippen LogP contribution in [0.2, 0.25) is 0 Å². The molecule has 0 aliphatic carbocycles. The number of aryl methyl sites for hydroxylation is 1. The minimum absolute atomic E-state index is 0.297. The van der Waals surface area contributed by atoms with E-state index in [1.165, 1.54) is 6.08 Å². The lowest BCUT2D eigenvalue weighted by Gasteiger charge is -1.95. The van der Waals surface area contributed by atoms with Gasteiger partial charge in [-0.15, -0.1) is 0 Å². The zero-order valence-corrected chi connectivity index (χ0v) is 7.05. The van der Waals surface area contributed by atoms with Gasteiger partial charge in [0.2, 0.25) is 11.8 Å². The Morgan fingerprint density at radius 1 is 1.67 bits per heavy atom. The summed E-state index contributed by atoms with van der Waals surface area (Å²) in [6.07, 6.45) is 1.18. The quantitative estimate of drug-likeness (QED) is 0.676. The molecule has 0 unspecified atom stereocenters. The molecule has 1 heterocycles. The summed E-state index contributed by atoms with van der Waals surface area (Å²) in [7, 11) is 0. The minimum Gasteiger partial charge on any atom is -0.338 e. The molecule has 4 heteroatoms. The van der Waals surface area contributed by atoms with Gasteiger partial charge in [0, 0.05) is 5.56 Å². The van der Waals surface area contributed by atoms with Gasteiger partial charge in [-0.25, -0.2) is 0 Å². The van der Waals surface area contributed by atoms with Crippen molar-refractivity contribution in [3.8, 4) is 0 Å². The molecule has 0 saturated carbocycles. The Morgan fingerprint density at radius 3 is 2.75 bits per heavy atom. The Hall–Kier alpha value is -1.58. The summed E-state index contributed by atoms with van der Waals surface area (Å²) < 4.78 is 4.84. The SMILES string of the molecule is C=CC(=O)Nc1onc(C)c1C. The van der Waals surface area contributed by atoms with Crippen molar-refractivity contribution in [2.24, 2.45) is 0 Å². The third-order valence-electron chi connectivity index (χ3n) is 1.58. The molecule has 0 bridgehead atoms. The molecule has 1 N–H and O–H groups in total. The third kappa shape index (κ3) is 1.53. The van der Waals surface area contributed by atoms with Gasteiger partial charge in [-0.3, -0.25) is 10.1 Å². The van der Waals surface area contributed by atoms with E-state index in [-0.39, 0.29) is 5.91 Å². The van der Waals surface area contributed by atoms with Crippen LogP contribution in [0.3, 0.4) is 0 Å². The van der Waals surface area contributed by atoms with Crippen LogP contribution in [0.5, 0.6) is 0 Å². The second-order valence-corrected chi connectivity index (χ2v) is 2.42. The van der Waals surface area contributed by atoms with E-state index >= 15 is 0 Å². The molecule has 0 fully saturated rings. The fourth-order valence-electron chi connectivity index (χ4n) is 0.695. The predicted molar refractivity (Wildman–Crippen MR) is 44.8 cm³/mol. The van der Waals surface area contributed by atoms with Crippen LogP contribution in [0.25, 0.3) is 0 Å². The molecular formula is C8H10N2O2. The molecule has 1 amide bonds. The van der Waals surface area contributed by atoms with E-state index in [2.05, 4.69) is 17.1 Å². The summed E-state index contributed by atoms with van der Waals surface area (Å²) in [5.74, 6) is 0.0895. The molecule has 0 aromatic carbocycles. The summed E-state index contributed by atoms with van der Waals surface area (Å²) in [5, 5.41) is 6.17. The van der Waals surface area contributed by atoms with Crippen molar-refractivity contribution in [1.29, 1.82) is 0 Å². The van der Waals surface area contributed by atoms with Crippen molar-refractivity contribution in [2.75, 3.05) is 5.32 Å². The molecule has 0 spiro atoms. The van der Waals surface area contributed by atoms with Crippen molar-refractivity contribution in [1.82, 2.24) is 5.16 Å². The smallest absolute Gasteiger partial charge is 0.250 e. The first kappa shape index (κ1) is 8.52. The van der Waals surface area contributed by atoms with Gasteiger partial charge >= 0.3 is 0 Å². The largest absolute Gasteiger partial charge is 0.338 e. The number of anilines is 1. The Kier molecular flexibility index (Phi) is 2.28. The predicted octanol–water partition coefficient (Wildman–Crippen LogP) is 1.42. The number of carbonyl (C=O) groups excluding carboxylic acids is 1. The summed E-state index contributed by atoms with van der Waals surface area (Å²) >= 11 is 0. The normalized spacial score (nSPS) is 9.50. The maximum atomic E-state index is 10.8. The van der Waals surface area contributed by atoms with E-state index < -0.39 is 0 Å². The number of nitrogens with zero attached hydrogens (tertiary/aromatic N) is 1. The van der Waals surface area contributed by atoms with E-state index in [4.69, 9.17) is 4.52 Å². The van der Waals surface area contributed by atoms with Crippen LogP contribution >= 0.6 is 0 Å². The van der Waals surface area contributed by atoms with Gasteiger partial charge in [0.25, 0.3) is 0 Å². The Labute approximate surface area is 70.2 Å². The third-order valence-corrected chi connectivity index (χ3v) is 1.58. The molecule has 0 saturated heterocycles. The Morgan fingerprint density at radius 2 is 2.33 bits per heavy atom. The Balaban J connectivity index is 2.82. The van der Waals surface area contributed by atoms with E-state index in [9.17, 15) is 4.79 Å². The van der Waals surface area contributed by atoms with Crippen molar-refractivity contribution >= 4 is 11.8 Å². The highest BCUT2D eigenvalue weighted by Gasteiger charge is 2.08. The first-order valence-corrected chi connectivity index (χ1v) is 3.51. The molecule has 1 aromatic heterocycles. The summed E-state index contributed by atoms with van der Waals surface area (Å²) in [6, 6.07) is 0. The molecule has 1 rings (SSSR count). The molecule has 0 atom stereocenters. The fourth-order valence-corrected chi connectivity index (χ4v) is 0.695. The standard InChI is InChI=1S/C8H10N2O2/c1-4-7(11)9-8-5(2)6(3)10-12-8/h4H,1H2,2-3H3,(H,9,11). The van der Waals surface area contributed by atoms with Gasteiger partial charge in [0.1, 0.15) is 0 Å². The van der Waals surface area contributed by atoms with Gasteiger partial charge in [0.15, 0.2) is 0 Å². The first-order valence-electron chi connectivity index (χ1n) is 3.51. The van der Waals surface area contributed by atoms with Gasteiger partial charge < -0.3 is 4.52 Å². The molecule has 0 radical (unpaired) electrons. The van der Waals surface area contributed by atoms with Crippen LogP contribution in [-0.2, 0) is 4.79 Å². The molecule has 0 aliphatic rings. The average Bonchev–Trinajstić information content (AvgIpc) is 2.36. The van der Waals surface area contributed by atoms with Crippen LogP contribution in [0.15, 0.2) is 17.2 Å². The number of hydrogen-bond acceptors (Lipinski definition) is 3. The number of aromatic nitrogens is 1. The van der Waals surface area contributed by atoms with Crippen LogP contribution in [0.1, 0.15) is 11.3 Å². The second-order valence-electron chi connectivity index (χ2n) is 2.42. The monoisotopic (exact) mass is 166 g/mol. The maximum absolute atomic E-state index is 10.8. The molecule has 1 aromatic rings. The van der Waals surface area contributed by atoms with E-state index in [0.29, 0.717) is 5.88 Å². The van der Waals surface area contributed by atoms with Crippen molar-refractivity contribution in [3.05, 3.63) is 23.9 Å². The zero-order chi connectivity index (χ0) is 9.14. The summed E-state index contributed by atoms with van der Waals surface area (Å²) in [5.41, 5.74) is 1.61. The van der Waals surface area contributed by atoms with Crippen LogP contribution < -0.4 is 5.32 Å². The Bertz CT molecular complexity index is 315. The maximum Gasteiger partial charge on any atom is 0.250 e. The zero-order valence-electron chi connectivity index (χ0n) is 7.05. The molecular weight excluding hydrogens is 156 g/mol. The summed E-state index contributed by atoms with van der Waals surface area (Å²) in [6.45, 7) is 6.95. The van der Waals surface area contributed by atoms with Crippen molar-refractivity contribution in [3.63, 3.8) is 0 Å². The van der Waals surface area contributed by atoms with Gasteiger partial charge in [-0.1, -0.05) is 11.7 Å². The average molecular weight is 166 g/mol. The van der Waals surface area contributed by atoms with Gasteiger partial charge in [-0.2, -0.15) is 0 Å². The van der Waals surface area contributed by atoms with Gasteiger partial charge in [-0.05, 0) is 19.9 Å². The minimum atomic E-state index is -0.297. The lowest BCUT2D eigenvalue weighted by Crippen LogP contribution is -2.07. The number of amides is 1. The first-order chi connectivity index (χ1) is 5.65. The van der Waals surface area contributed by atoms with Crippen LogP contribution in [0, 0.1) is 13.8 Å². The highest BCUT2D eigenvalue weighted by Crippen LogP contribution is 2.16. The van der Waals surface area contributed by atoms with Crippen LogP contribution in [-0.4, -0.2) is 11.1 Å². The molecule has 0 aliphatic heterocycles. The number of nitrogens with one attached hydrogen (secondary N) is 1. The molecule has 64 valence electrons. The fraction of sp³-hybridized carbons (Fsp3) is 0.250. The van der Waals surface area contributed by atoms with E-state index in [1.807, 2.05) is 13.8 Å². The number of rotatable bonds is 2. The van der Waals surface area contributed by atoms with Crippen molar-refractivity contribution in [2.45, 2.75) is 13.8 Å². The molecule has 12 heavy (non-hydrogen) atoms. The lowest BCUT2D eigenvalue weighted by atomic mass is 10.3. The summed E-state index contributed by atoms with van der Waals surface area (Å²) in [4.78, 5) is 10.8. The highest BCUT2D eigenvalue weighted by atomic mass is 16.5. The van der Waals surface area contributed by atoms with Gasteiger partial charge in [0.05, 0.1) is 5.69 Å². The van der Waals surface area contributed by atoms with E-state index in [1.54, 1.807) is 0 Å². The van der Waals surface area contributed by atoms with E-state index in [0.717, 1.165) is 11.3 Å². The number of hydrogen-bond donors (Lipinski definition) is 1. The molecule has 4 nitrogen and oxygen atoms in total. The lowest BCUT2D eigenvalue weighted by molar-refractivity contribution is -0.112.